The summed E-state index contributed by atoms with van der Waals surface area (Å²) in [6, 6.07) is 4.87. The van der Waals surface area contributed by atoms with Crippen molar-refractivity contribution in [2.75, 3.05) is 6.61 Å². The fraction of sp³-hybridized carbons (Fsp3) is 0.353. The topological polar surface area (TPSA) is 114 Å². The van der Waals surface area contributed by atoms with E-state index in [-0.39, 0.29) is 6.61 Å². The third kappa shape index (κ3) is 4.01. The van der Waals surface area contributed by atoms with Crippen molar-refractivity contribution in [2.45, 2.75) is 34.7 Å². The molecule has 148 valence electrons. The number of aliphatic hydroxyl groups excluding tert-OH is 3. The Bertz CT molecular complexity index is 926. The lowest BCUT2D eigenvalue weighted by atomic mass is 9.97. The minimum absolute atomic E-state index is 0.384. The molecule has 3 N–H and O–H groups in total. The van der Waals surface area contributed by atoms with E-state index in [1.54, 1.807) is 18.6 Å². The molecule has 28 heavy (non-hydrogen) atoms. The summed E-state index contributed by atoms with van der Waals surface area (Å²) in [5, 5.41) is 41.4. The van der Waals surface area contributed by atoms with Gasteiger partial charge in [-0.3, -0.25) is 4.98 Å². The van der Waals surface area contributed by atoms with Gasteiger partial charge < -0.3 is 20.1 Å². The number of rotatable bonds is 5. The molecule has 11 heteroatoms. The van der Waals surface area contributed by atoms with Crippen LogP contribution in [0.25, 0.3) is 10.6 Å². The SMILES string of the molecule is OC[C@H]1O[C@H](Sc2cncc(Br)c2)[C@H](O)[C@@H](n2cc(-c3cccs3)nn2)[C@H]1O. The monoisotopic (exact) mass is 484 g/mol. The normalized spacial score (nSPS) is 27.8. The van der Waals surface area contributed by atoms with Gasteiger partial charge in [0.1, 0.15) is 35.5 Å². The molecule has 0 unspecified atom stereocenters. The van der Waals surface area contributed by atoms with Crippen molar-refractivity contribution in [3.63, 3.8) is 0 Å². The number of aliphatic hydroxyl groups is 3. The van der Waals surface area contributed by atoms with E-state index in [4.69, 9.17) is 4.74 Å². The molecule has 3 aromatic heterocycles. The average molecular weight is 485 g/mol. The van der Waals surface area contributed by atoms with E-state index in [0.29, 0.717) is 5.69 Å². The van der Waals surface area contributed by atoms with Gasteiger partial charge in [-0.2, -0.15) is 0 Å². The molecule has 0 aromatic carbocycles. The Kier molecular flexibility index (Phi) is 6.11. The van der Waals surface area contributed by atoms with Crippen LogP contribution in [0.4, 0.5) is 0 Å². The van der Waals surface area contributed by atoms with Crippen LogP contribution in [0.2, 0.25) is 0 Å². The Labute approximate surface area is 177 Å². The summed E-state index contributed by atoms with van der Waals surface area (Å²) >= 11 is 6.16. The van der Waals surface area contributed by atoms with Gasteiger partial charge in [0.15, 0.2) is 0 Å². The Hall–Kier alpha value is -1.34. The van der Waals surface area contributed by atoms with E-state index >= 15 is 0 Å². The summed E-state index contributed by atoms with van der Waals surface area (Å²) in [6.07, 6.45) is 1.91. The number of thioether (sulfide) groups is 1. The molecule has 8 nitrogen and oxygen atoms in total. The summed E-state index contributed by atoms with van der Waals surface area (Å²) < 4.78 is 7.99. The number of pyridine rings is 1. The van der Waals surface area contributed by atoms with Crippen molar-refractivity contribution in [1.82, 2.24) is 20.0 Å². The quantitative estimate of drug-likeness (QED) is 0.503. The van der Waals surface area contributed by atoms with Crippen LogP contribution in [0.5, 0.6) is 0 Å². The second-order valence-electron chi connectivity index (χ2n) is 6.22. The zero-order valence-electron chi connectivity index (χ0n) is 14.4. The van der Waals surface area contributed by atoms with Crippen LogP contribution in [0.15, 0.2) is 51.5 Å². The molecule has 4 rings (SSSR count). The van der Waals surface area contributed by atoms with Crippen LogP contribution in [-0.4, -0.2) is 65.7 Å². The van der Waals surface area contributed by atoms with Crippen molar-refractivity contribution in [2.24, 2.45) is 0 Å². The molecule has 1 aliphatic heterocycles. The standard InChI is InChI=1S/C17H17BrN4O4S2/c18-9-4-10(6-19-5-9)28-17-16(25)14(15(24)12(8-23)26-17)22-7-11(20-21-22)13-2-1-3-27-13/h1-7,12,14-17,23-25H,8H2/t12-,14+,15+,16-,17-/m1/s1. The molecule has 0 radical (unpaired) electrons. The molecule has 5 atom stereocenters. The van der Waals surface area contributed by atoms with Crippen LogP contribution >= 0.6 is 39.0 Å². The van der Waals surface area contributed by atoms with Crippen molar-refractivity contribution in [3.05, 3.63) is 46.6 Å². The lowest BCUT2D eigenvalue weighted by Gasteiger charge is -2.41. The second kappa shape index (κ2) is 8.57. The van der Waals surface area contributed by atoms with Crippen LogP contribution in [0, 0.1) is 0 Å². The third-order valence-electron chi connectivity index (χ3n) is 4.37. The lowest BCUT2D eigenvalue weighted by molar-refractivity contribution is -0.178. The number of halogens is 1. The predicted octanol–water partition coefficient (Wildman–Crippen LogP) is 1.94. The number of thiophene rings is 1. The van der Waals surface area contributed by atoms with E-state index in [1.807, 2.05) is 23.6 Å². The minimum Gasteiger partial charge on any atom is -0.394 e. The number of ether oxygens (including phenoxy) is 1. The molecule has 0 saturated carbocycles. The zero-order valence-corrected chi connectivity index (χ0v) is 17.6. The maximum Gasteiger partial charge on any atom is 0.136 e. The molecule has 3 aromatic rings. The van der Waals surface area contributed by atoms with Gasteiger partial charge in [-0.1, -0.05) is 23.0 Å². The van der Waals surface area contributed by atoms with Crippen LogP contribution in [-0.2, 0) is 4.74 Å². The Morgan fingerprint density at radius 2 is 2.14 bits per heavy atom. The highest BCUT2D eigenvalue weighted by molar-refractivity contribution is 9.10. The molecular weight excluding hydrogens is 468 g/mol. The third-order valence-corrected chi connectivity index (χ3v) is 6.81. The first-order valence-electron chi connectivity index (χ1n) is 8.42. The molecule has 0 bridgehead atoms. The Morgan fingerprint density at radius 3 is 2.86 bits per heavy atom. The summed E-state index contributed by atoms with van der Waals surface area (Å²) in [5.74, 6) is 0. The van der Waals surface area contributed by atoms with Gasteiger partial charge in [0.2, 0.25) is 0 Å². The van der Waals surface area contributed by atoms with Gasteiger partial charge in [-0.15, -0.1) is 16.4 Å². The van der Waals surface area contributed by atoms with Gasteiger partial charge in [0.05, 0.1) is 17.7 Å². The molecule has 1 saturated heterocycles. The first-order chi connectivity index (χ1) is 13.6. The van der Waals surface area contributed by atoms with Crippen molar-refractivity contribution >= 4 is 39.0 Å². The minimum atomic E-state index is -1.14. The maximum absolute atomic E-state index is 10.9. The van der Waals surface area contributed by atoms with Crippen molar-refractivity contribution in [3.8, 4) is 10.6 Å². The van der Waals surface area contributed by atoms with Crippen LogP contribution in [0.1, 0.15) is 6.04 Å². The fourth-order valence-corrected chi connectivity index (χ4v) is 5.30. The highest BCUT2D eigenvalue weighted by Gasteiger charge is 2.46. The smallest absolute Gasteiger partial charge is 0.136 e. The predicted molar refractivity (Wildman–Crippen MR) is 108 cm³/mol. The molecule has 4 heterocycles. The van der Waals surface area contributed by atoms with E-state index in [0.717, 1.165) is 14.2 Å². The number of aromatic nitrogens is 4. The van der Waals surface area contributed by atoms with Crippen molar-refractivity contribution < 1.29 is 20.1 Å². The van der Waals surface area contributed by atoms with Crippen molar-refractivity contribution in [1.29, 1.82) is 0 Å². The molecule has 1 fully saturated rings. The van der Waals surface area contributed by atoms with Gasteiger partial charge in [0.25, 0.3) is 0 Å². The van der Waals surface area contributed by atoms with E-state index in [9.17, 15) is 15.3 Å². The zero-order chi connectivity index (χ0) is 19.7. The van der Waals surface area contributed by atoms with Gasteiger partial charge in [0, 0.05) is 21.8 Å². The van der Waals surface area contributed by atoms with E-state index in [1.165, 1.54) is 27.8 Å². The van der Waals surface area contributed by atoms with Crippen LogP contribution in [0.3, 0.4) is 0 Å². The van der Waals surface area contributed by atoms with E-state index in [2.05, 4.69) is 31.2 Å². The van der Waals surface area contributed by atoms with Gasteiger partial charge in [-0.05, 0) is 33.4 Å². The van der Waals surface area contributed by atoms with Crippen LogP contribution < -0.4 is 0 Å². The average Bonchev–Trinajstić information content (AvgIpc) is 3.36. The number of nitrogens with zero attached hydrogens (tertiary/aromatic N) is 4. The summed E-state index contributed by atoms with van der Waals surface area (Å²) in [6.45, 7) is -0.384. The number of hydrogen-bond donors (Lipinski definition) is 3. The highest BCUT2D eigenvalue weighted by Crippen LogP contribution is 2.38. The second-order valence-corrected chi connectivity index (χ2v) is 9.25. The largest absolute Gasteiger partial charge is 0.394 e. The summed E-state index contributed by atoms with van der Waals surface area (Å²) in [5.41, 5.74) is -0.0714. The lowest BCUT2D eigenvalue weighted by Crippen LogP contribution is -2.55. The van der Waals surface area contributed by atoms with Gasteiger partial charge in [-0.25, -0.2) is 4.68 Å². The van der Waals surface area contributed by atoms with Gasteiger partial charge >= 0.3 is 0 Å². The summed E-state index contributed by atoms with van der Waals surface area (Å²) in [4.78, 5) is 5.83. The first-order valence-corrected chi connectivity index (χ1v) is 11.0. The van der Waals surface area contributed by atoms with E-state index < -0.39 is 29.8 Å². The highest BCUT2D eigenvalue weighted by atomic mass is 79.9. The fourth-order valence-electron chi connectivity index (χ4n) is 3.03. The molecule has 0 amide bonds. The molecular formula is C17H17BrN4O4S2. The molecule has 0 spiro atoms. The maximum atomic E-state index is 10.9. The summed E-state index contributed by atoms with van der Waals surface area (Å²) in [7, 11) is 0. The molecule has 0 aliphatic carbocycles. The Balaban J connectivity index is 1.61. The number of hydrogen-bond acceptors (Lipinski definition) is 9. The Morgan fingerprint density at radius 1 is 1.29 bits per heavy atom. The first kappa shape index (κ1) is 20.0. The molecule has 1 aliphatic rings.